The molecule has 9 nitrogen and oxygen atoms in total. The number of benzene rings is 5. The smallest absolute Gasteiger partial charge is 0.343 e. The van der Waals surface area contributed by atoms with Gasteiger partial charge in [-0.05, 0) is 96.6 Å². The highest BCUT2D eigenvalue weighted by Gasteiger charge is 2.16. The number of sulfonamides is 1. The van der Waals surface area contributed by atoms with E-state index in [1.165, 1.54) is 54.7 Å². The largest absolute Gasteiger partial charge is 0.494 e. The van der Waals surface area contributed by atoms with Crippen LogP contribution < -0.4 is 19.6 Å². The van der Waals surface area contributed by atoms with Gasteiger partial charge in [0.15, 0.2) is 0 Å². The number of rotatable bonds is 10. The van der Waals surface area contributed by atoms with Crippen molar-refractivity contribution in [1.82, 2.24) is 5.43 Å². The molecule has 0 aliphatic carbocycles. The minimum absolute atomic E-state index is 0.0519. The Bertz CT molecular complexity index is 1940. The maximum Gasteiger partial charge on any atom is 0.343 e. The Balaban J connectivity index is 1.30. The molecule has 0 saturated heterocycles. The zero-order chi connectivity index (χ0) is 31.1. The number of carbonyl (C=O) groups is 2. The number of hydrogen-bond donors (Lipinski definition) is 2. The van der Waals surface area contributed by atoms with Crippen LogP contribution in [0.2, 0.25) is 5.02 Å². The molecule has 0 aliphatic rings. The topological polar surface area (TPSA) is 123 Å². The Morgan fingerprint density at radius 3 is 2.23 bits per heavy atom. The van der Waals surface area contributed by atoms with Crippen LogP contribution in [0.3, 0.4) is 0 Å². The first-order valence-electron chi connectivity index (χ1n) is 13.4. The van der Waals surface area contributed by atoms with E-state index in [2.05, 4.69) is 15.2 Å². The van der Waals surface area contributed by atoms with Crippen molar-refractivity contribution in [2.75, 3.05) is 11.3 Å². The molecule has 0 atom stereocenters. The first-order chi connectivity index (χ1) is 21.2. The summed E-state index contributed by atoms with van der Waals surface area (Å²) < 4.78 is 38.9. The van der Waals surface area contributed by atoms with E-state index in [0.29, 0.717) is 28.5 Å². The van der Waals surface area contributed by atoms with Gasteiger partial charge in [-0.25, -0.2) is 18.6 Å². The van der Waals surface area contributed by atoms with Crippen molar-refractivity contribution in [3.63, 3.8) is 0 Å². The summed E-state index contributed by atoms with van der Waals surface area (Å²) >= 11 is 5.84. The zero-order valence-electron chi connectivity index (χ0n) is 23.4. The summed E-state index contributed by atoms with van der Waals surface area (Å²) in [6.07, 6.45) is 1.41. The third-order valence-electron chi connectivity index (χ3n) is 6.42. The molecule has 0 aromatic heterocycles. The normalized spacial score (nSPS) is 11.3. The second-order valence-corrected chi connectivity index (χ2v) is 11.5. The van der Waals surface area contributed by atoms with E-state index in [4.69, 9.17) is 21.1 Å². The van der Waals surface area contributed by atoms with Crippen LogP contribution in [0.5, 0.6) is 11.5 Å². The molecule has 222 valence electrons. The standard InChI is InChI=1S/C33H26ClN3O6S/c1-2-42-27-16-9-24(10-17-27)33(39)43-31-20-11-22-5-3-4-6-29(22)30(31)21-35-36-32(38)23-7-14-26(15-8-23)37-44(40,41)28-18-12-25(34)13-19-28/h3-21,37H,2H2,1H3,(H,36,38). The van der Waals surface area contributed by atoms with Gasteiger partial charge < -0.3 is 9.47 Å². The summed E-state index contributed by atoms with van der Waals surface area (Å²) in [5.41, 5.74) is 3.83. The van der Waals surface area contributed by atoms with Crippen LogP contribution in [0.1, 0.15) is 33.2 Å². The molecule has 1 amide bonds. The quantitative estimate of drug-likeness (QED) is 0.0771. The van der Waals surface area contributed by atoms with Gasteiger partial charge in [0, 0.05) is 21.8 Å². The van der Waals surface area contributed by atoms with Gasteiger partial charge in [0.1, 0.15) is 11.5 Å². The predicted molar refractivity (Wildman–Crippen MR) is 170 cm³/mol. The van der Waals surface area contributed by atoms with Crippen LogP contribution in [-0.4, -0.2) is 33.1 Å². The highest BCUT2D eigenvalue weighted by molar-refractivity contribution is 7.92. The van der Waals surface area contributed by atoms with Crippen molar-refractivity contribution in [3.8, 4) is 11.5 Å². The van der Waals surface area contributed by atoms with Crippen molar-refractivity contribution >= 4 is 56.2 Å². The zero-order valence-corrected chi connectivity index (χ0v) is 24.9. The van der Waals surface area contributed by atoms with Gasteiger partial charge in [0.25, 0.3) is 15.9 Å². The number of fused-ring (bicyclic) bond motifs is 1. The molecule has 0 spiro atoms. The van der Waals surface area contributed by atoms with Crippen LogP contribution in [0.15, 0.2) is 119 Å². The Morgan fingerprint density at radius 2 is 1.52 bits per heavy atom. The molecule has 0 radical (unpaired) electrons. The Morgan fingerprint density at radius 1 is 0.841 bits per heavy atom. The molecule has 2 N–H and O–H groups in total. The number of halogens is 1. The van der Waals surface area contributed by atoms with Gasteiger partial charge in [-0.1, -0.05) is 41.9 Å². The minimum atomic E-state index is -3.84. The third-order valence-corrected chi connectivity index (χ3v) is 8.07. The highest BCUT2D eigenvalue weighted by atomic mass is 35.5. The lowest BCUT2D eigenvalue weighted by atomic mass is 10.0. The van der Waals surface area contributed by atoms with Crippen molar-refractivity contribution in [2.24, 2.45) is 5.10 Å². The highest BCUT2D eigenvalue weighted by Crippen LogP contribution is 2.28. The van der Waals surface area contributed by atoms with Crippen molar-refractivity contribution in [2.45, 2.75) is 11.8 Å². The molecule has 0 saturated carbocycles. The average Bonchev–Trinajstić information content (AvgIpc) is 3.02. The number of ether oxygens (including phenoxy) is 2. The molecule has 0 bridgehead atoms. The molecule has 5 rings (SSSR count). The number of amides is 1. The van der Waals surface area contributed by atoms with Crippen LogP contribution in [0.4, 0.5) is 5.69 Å². The van der Waals surface area contributed by atoms with Crippen LogP contribution in [-0.2, 0) is 10.0 Å². The minimum Gasteiger partial charge on any atom is -0.494 e. The summed E-state index contributed by atoms with van der Waals surface area (Å²) in [4.78, 5) is 25.8. The van der Waals surface area contributed by atoms with E-state index in [9.17, 15) is 18.0 Å². The molecule has 0 heterocycles. The lowest BCUT2D eigenvalue weighted by Gasteiger charge is -2.11. The average molecular weight is 628 g/mol. The fraction of sp³-hybridized carbons (Fsp3) is 0.0606. The number of nitrogens with zero attached hydrogens (tertiary/aromatic N) is 1. The van der Waals surface area contributed by atoms with Crippen LogP contribution >= 0.6 is 11.6 Å². The molecule has 0 unspecified atom stereocenters. The van der Waals surface area contributed by atoms with Crippen molar-refractivity contribution < 1.29 is 27.5 Å². The number of nitrogens with one attached hydrogen (secondary N) is 2. The fourth-order valence-electron chi connectivity index (χ4n) is 4.25. The molecule has 11 heteroatoms. The number of carbonyl (C=O) groups excluding carboxylic acids is 2. The second kappa shape index (κ2) is 13.4. The lowest BCUT2D eigenvalue weighted by Crippen LogP contribution is -2.18. The van der Waals surface area contributed by atoms with E-state index in [0.717, 1.165) is 10.8 Å². The maximum absolute atomic E-state index is 12.9. The predicted octanol–water partition coefficient (Wildman–Crippen LogP) is 6.68. The Kier molecular flexibility index (Phi) is 9.23. The molecule has 0 aliphatic heterocycles. The van der Waals surface area contributed by atoms with Crippen LogP contribution in [0.25, 0.3) is 10.8 Å². The van der Waals surface area contributed by atoms with E-state index < -0.39 is 21.9 Å². The van der Waals surface area contributed by atoms with Crippen LogP contribution in [0, 0.1) is 0 Å². The molecular weight excluding hydrogens is 602 g/mol. The number of hydrogen-bond acceptors (Lipinski definition) is 7. The first-order valence-corrected chi connectivity index (χ1v) is 15.3. The second-order valence-electron chi connectivity index (χ2n) is 9.38. The number of hydrazone groups is 1. The van der Waals surface area contributed by atoms with Gasteiger partial charge in [-0.2, -0.15) is 5.10 Å². The van der Waals surface area contributed by atoms with Gasteiger partial charge in [-0.3, -0.25) is 9.52 Å². The summed E-state index contributed by atoms with van der Waals surface area (Å²) in [6.45, 7) is 2.39. The molecule has 44 heavy (non-hydrogen) atoms. The first kappa shape index (κ1) is 30.3. The van der Waals surface area contributed by atoms with Gasteiger partial charge in [0.05, 0.1) is 23.3 Å². The summed E-state index contributed by atoms with van der Waals surface area (Å²) in [7, 11) is -3.84. The van der Waals surface area contributed by atoms with Crippen molar-refractivity contribution in [3.05, 3.63) is 131 Å². The van der Waals surface area contributed by atoms with E-state index in [1.807, 2.05) is 37.3 Å². The molecular formula is C33H26ClN3O6S. The third kappa shape index (κ3) is 7.23. The molecule has 5 aromatic rings. The van der Waals surface area contributed by atoms with Gasteiger partial charge >= 0.3 is 5.97 Å². The summed E-state index contributed by atoms with van der Waals surface area (Å²) in [6, 6.07) is 29.2. The van der Waals surface area contributed by atoms with E-state index in [1.54, 1.807) is 30.3 Å². The number of anilines is 1. The van der Waals surface area contributed by atoms with E-state index in [-0.39, 0.29) is 21.9 Å². The summed E-state index contributed by atoms with van der Waals surface area (Å²) in [5, 5.41) is 6.19. The van der Waals surface area contributed by atoms with E-state index >= 15 is 0 Å². The van der Waals surface area contributed by atoms with Crippen molar-refractivity contribution in [1.29, 1.82) is 0 Å². The SMILES string of the molecule is CCOc1ccc(C(=O)Oc2ccc3ccccc3c2C=NNC(=O)c2ccc(NS(=O)(=O)c3ccc(Cl)cc3)cc2)cc1. The Hall–Kier alpha value is -5.19. The monoisotopic (exact) mass is 627 g/mol. The fourth-order valence-corrected chi connectivity index (χ4v) is 5.43. The Labute approximate surface area is 259 Å². The number of esters is 1. The van der Waals surface area contributed by atoms with Gasteiger partial charge in [0.2, 0.25) is 0 Å². The lowest BCUT2D eigenvalue weighted by molar-refractivity contribution is 0.0734. The van der Waals surface area contributed by atoms with Gasteiger partial charge in [-0.15, -0.1) is 0 Å². The molecule has 0 fully saturated rings. The molecule has 5 aromatic carbocycles. The maximum atomic E-state index is 12.9. The summed E-state index contributed by atoms with van der Waals surface area (Å²) in [5.74, 6) is -0.180.